The third-order valence-corrected chi connectivity index (χ3v) is 8.19. The number of benzene rings is 1. The molecule has 0 saturated carbocycles. The maximum Gasteiger partial charge on any atom is 0.252 e. The van der Waals surface area contributed by atoms with Gasteiger partial charge in [0.25, 0.3) is 10.0 Å². The highest BCUT2D eigenvalue weighted by Gasteiger charge is 2.32. The topological polar surface area (TPSA) is 76.9 Å². The molecular formula is C19H23ClN4O2S2. The van der Waals surface area contributed by atoms with Crippen LogP contribution in [0.1, 0.15) is 44.1 Å². The van der Waals surface area contributed by atoms with E-state index in [2.05, 4.69) is 14.8 Å². The van der Waals surface area contributed by atoms with Gasteiger partial charge >= 0.3 is 0 Å². The second kappa shape index (κ2) is 9.17. The lowest BCUT2D eigenvalue weighted by Crippen LogP contribution is -2.35. The molecule has 0 aliphatic carbocycles. The lowest BCUT2D eigenvalue weighted by molar-refractivity contribution is 0.353. The molecule has 0 aliphatic rings. The zero-order chi connectivity index (χ0) is 20.1. The number of nitrogens with zero attached hydrogens (tertiary/aromatic N) is 3. The van der Waals surface area contributed by atoms with Crippen LogP contribution in [0.15, 0.2) is 52.3 Å². The van der Waals surface area contributed by atoms with Crippen molar-refractivity contribution in [1.29, 1.82) is 0 Å². The van der Waals surface area contributed by atoms with Gasteiger partial charge in [0.05, 0.1) is 17.6 Å². The predicted octanol–water partition coefficient (Wildman–Crippen LogP) is 4.50. The van der Waals surface area contributed by atoms with Crippen LogP contribution in [0.25, 0.3) is 0 Å². The number of hydrogen-bond acceptors (Lipinski definition) is 5. The van der Waals surface area contributed by atoms with E-state index < -0.39 is 16.1 Å². The average molecular weight is 439 g/mol. The van der Waals surface area contributed by atoms with Crippen LogP contribution in [0.3, 0.4) is 0 Å². The van der Waals surface area contributed by atoms with E-state index in [1.807, 2.05) is 44.2 Å². The van der Waals surface area contributed by atoms with E-state index in [0.717, 1.165) is 29.7 Å². The zero-order valence-electron chi connectivity index (χ0n) is 15.7. The van der Waals surface area contributed by atoms with Crippen molar-refractivity contribution >= 4 is 33.0 Å². The highest BCUT2D eigenvalue weighted by atomic mass is 35.5. The van der Waals surface area contributed by atoms with Crippen molar-refractivity contribution in [3.8, 4) is 0 Å². The molecule has 2 aromatic heterocycles. The summed E-state index contributed by atoms with van der Waals surface area (Å²) in [6.45, 7) is 4.62. The molecule has 1 N–H and O–H groups in total. The summed E-state index contributed by atoms with van der Waals surface area (Å²) in [4.78, 5) is 4.41. The lowest BCUT2D eigenvalue weighted by Gasteiger charge is -2.25. The van der Waals surface area contributed by atoms with Gasteiger partial charge in [-0.2, -0.15) is 9.82 Å². The van der Waals surface area contributed by atoms with Crippen LogP contribution >= 0.6 is 22.9 Å². The smallest absolute Gasteiger partial charge is 0.244 e. The first-order valence-electron chi connectivity index (χ1n) is 9.13. The summed E-state index contributed by atoms with van der Waals surface area (Å²) in [5.41, 5.74) is 1.07. The molecule has 0 radical (unpaired) electrons. The summed E-state index contributed by atoms with van der Waals surface area (Å²) in [7, 11) is -3.77. The summed E-state index contributed by atoms with van der Waals surface area (Å²) in [6.07, 6.45) is 3.08. The third kappa shape index (κ3) is 4.63. The van der Waals surface area contributed by atoms with Crippen molar-refractivity contribution in [2.24, 2.45) is 5.92 Å². The maximum absolute atomic E-state index is 13.0. The molecular weight excluding hydrogens is 416 g/mol. The average Bonchev–Trinajstić information content (AvgIpc) is 3.32. The molecule has 9 heteroatoms. The fourth-order valence-electron chi connectivity index (χ4n) is 3.20. The SMILES string of the molecule is CCC(CC)C(NS(=O)(=O)c1sccc1Cl)c1ncnn1Cc1ccccc1. The van der Waals surface area contributed by atoms with E-state index in [1.54, 1.807) is 16.1 Å². The Balaban J connectivity index is 1.96. The maximum atomic E-state index is 13.0. The first-order valence-corrected chi connectivity index (χ1v) is 11.9. The Hall–Kier alpha value is -1.74. The predicted molar refractivity (Wildman–Crippen MR) is 112 cm³/mol. The van der Waals surface area contributed by atoms with Crippen molar-refractivity contribution in [2.45, 2.75) is 43.5 Å². The third-order valence-electron chi connectivity index (χ3n) is 4.73. The van der Waals surface area contributed by atoms with Gasteiger partial charge < -0.3 is 0 Å². The highest BCUT2D eigenvalue weighted by Crippen LogP contribution is 2.32. The fraction of sp³-hybridized carbons (Fsp3) is 0.368. The molecule has 0 amide bonds. The lowest BCUT2D eigenvalue weighted by atomic mass is 9.94. The molecule has 28 heavy (non-hydrogen) atoms. The summed E-state index contributed by atoms with van der Waals surface area (Å²) >= 11 is 7.18. The van der Waals surface area contributed by atoms with Crippen molar-refractivity contribution < 1.29 is 8.42 Å². The number of aromatic nitrogens is 3. The number of hydrogen-bond donors (Lipinski definition) is 1. The molecule has 3 aromatic rings. The molecule has 1 atom stereocenters. The zero-order valence-corrected chi connectivity index (χ0v) is 18.1. The minimum Gasteiger partial charge on any atom is -0.244 e. The van der Waals surface area contributed by atoms with Gasteiger partial charge in [-0.15, -0.1) is 11.3 Å². The molecule has 0 spiro atoms. The number of thiophene rings is 1. The van der Waals surface area contributed by atoms with Gasteiger partial charge in [-0.1, -0.05) is 68.6 Å². The summed E-state index contributed by atoms with van der Waals surface area (Å²) < 4.78 is 30.7. The molecule has 6 nitrogen and oxygen atoms in total. The van der Waals surface area contributed by atoms with Crippen molar-refractivity contribution in [1.82, 2.24) is 19.5 Å². The molecule has 0 bridgehead atoms. The Morgan fingerprint density at radius 2 is 1.89 bits per heavy atom. The summed E-state index contributed by atoms with van der Waals surface area (Å²) in [5.74, 6) is 0.682. The van der Waals surface area contributed by atoms with Crippen LogP contribution in [0, 0.1) is 5.92 Å². The largest absolute Gasteiger partial charge is 0.252 e. The fourth-order valence-corrected chi connectivity index (χ4v) is 6.17. The Labute approximate surface area is 174 Å². The molecule has 1 aromatic carbocycles. The first kappa shape index (κ1) is 21.0. The molecule has 3 rings (SSSR count). The summed E-state index contributed by atoms with van der Waals surface area (Å²) in [5, 5.41) is 6.24. The van der Waals surface area contributed by atoms with Gasteiger partial charge in [0.2, 0.25) is 0 Å². The second-order valence-corrected chi connectivity index (χ2v) is 9.73. The van der Waals surface area contributed by atoms with Crippen LogP contribution in [0.5, 0.6) is 0 Å². The number of nitrogens with one attached hydrogen (secondary N) is 1. The molecule has 0 saturated heterocycles. The van der Waals surface area contributed by atoms with Gasteiger partial charge in [-0.05, 0) is 22.9 Å². The monoisotopic (exact) mass is 438 g/mol. The molecule has 0 aliphatic heterocycles. The van der Waals surface area contributed by atoms with Gasteiger partial charge in [-0.3, -0.25) is 0 Å². The Kier molecular flexibility index (Phi) is 6.87. The van der Waals surface area contributed by atoms with E-state index in [9.17, 15) is 8.42 Å². The van der Waals surface area contributed by atoms with Gasteiger partial charge in [0.1, 0.15) is 12.2 Å². The van der Waals surface area contributed by atoms with E-state index >= 15 is 0 Å². The van der Waals surface area contributed by atoms with Crippen molar-refractivity contribution in [3.05, 3.63) is 64.5 Å². The van der Waals surface area contributed by atoms with E-state index in [-0.39, 0.29) is 15.1 Å². The molecule has 2 heterocycles. The first-order chi connectivity index (χ1) is 13.5. The Morgan fingerprint density at radius 3 is 2.50 bits per heavy atom. The molecule has 1 unspecified atom stereocenters. The van der Waals surface area contributed by atoms with Crippen LogP contribution in [0.4, 0.5) is 0 Å². The van der Waals surface area contributed by atoms with Gasteiger partial charge in [0, 0.05) is 0 Å². The van der Waals surface area contributed by atoms with Crippen molar-refractivity contribution in [2.75, 3.05) is 0 Å². The van der Waals surface area contributed by atoms with Crippen LogP contribution < -0.4 is 4.72 Å². The minimum absolute atomic E-state index is 0.0761. The highest BCUT2D eigenvalue weighted by molar-refractivity contribution is 7.91. The Morgan fingerprint density at radius 1 is 1.18 bits per heavy atom. The quantitative estimate of drug-likeness (QED) is 0.533. The number of rotatable bonds is 9. The van der Waals surface area contributed by atoms with Crippen LogP contribution in [-0.2, 0) is 16.6 Å². The molecule has 0 fully saturated rings. The molecule has 150 valence electrons. The standard InChI is InChI=1S/C19H23ClN4O2S2/c1-3-15(4-2)17(23-28(25,26)19-16(20)10-11-27-19)18-21-13-22-24(18)12-14-8-6-5-7-9-14/h5-11,13,15,17,23H,3-4,12H2,1-2H3. The number of halogens is 1. The second-order valence-electron chi connectivity index (χ2n) is 6.49. The van der Waals surface area contributed by atoms with Crippen molar-refractivity contribution in [3.63, 3.8) is 0 Å². The number of sulfonamides is 1. The Bertz CT molecular complexity index is 998. The van der Waals surface area contributed by atoms with E-state index in [0.29, 0.717) is 12.4 Å². The minimum atomic E-state index is -3.77. The van der Waals surface area contributed by atoms with Crippen LogP contribution in [-0.4, -0.2) is 23.2 Å². The van der Waals surface area contributed by atoms with Crippen LogP contribution in [0.2, 0.25) is 5.02 Å². The van der Waals surface area contributed by atoms with Gasteiger partial charge in [-0.25, -0.2) is 18.1 Å². The van der Waals surface area contributed by atoms with E-state index in [1.165, 1.54) is 6.33 Å². The summed E-state index contributed by atoms with van der Waals surface area (Å²) in [6, 6.07) is 11.0. The van der Waals surface area contributed by atoms with Gasteiger partial charge in [0.15, 0.2) is 4.21 Å². The van der Waals surface area contributed by atoms with E-state index in [4.69, 9.17) is 11.6 Å². The normalized spacial score (nSPS) is 13.1.